The van der Waals surface area contributed by atoms with Gasteiger partial charge in [-0.2, -0.15) is 0 Å². The zero-order chi connectivity index (χ0) is 15.4. The molecule has 0 bridgehead atoms. The number of pyridine rings is 1. The molecule has 0 aliphatic carbocycles. The van der Waals surface area contributed by atoms with Gasteiger partial charge in [0.15, 0.2) is 0 Å². The molecule has 2 heterocycles. The molecule has 1 aromatic carbocycles. The van der Waals surface area contributed by atoms with Crippen LogP contribution in [0.2, 0.25) is 0 Å². The van der Waals surface area contributed by atoms with Gasteiger partial charge in [-0.05, 0) is 30.5 Å². The van der Waals surface area contributed by atoms with Crippen LogP contribution in [-0.4, -0.2) is 29.5 Å². The molecule has 1 aliphatic rings. The van der Waals surface area contributed by atoms with Crippen LogP contribution < -0.4 is 10.2 Å². The van der Waals surface area contributed by atoms with E-state index in [1.807, 2.05) is 0 Å². The third-order valence-electron chi connectivity index (χ3n) is 3.85. The van der Waals surface area contributed by atoms with Crippen molar-refractivity contribution >= 4 is 17.2 Å². The van der Waals surface area contributed by atoms with Gasteiger partial charge in [0.05, 0.1) is 4.92 Å². The predicted molar refractivity (Wildman–Crippen MR) is 86.4 cm³/mol. The smallest absolute Gasteiger partial charge is 0.287 e. The molecule has 1 aromatic heterocycles. The summed E-state index contributed by atoms with van der Waals surface area (Å²) in [6, 6.07) is 11.6. The van der Waals surface area contributed by atoms with E-state index in [-0.39, 0.29) is 5.69 Å². The fraction of sp³-hybridized carbons (Fsp3) is 0.312. The first-order valence-electron chi connectivity index (χ1n) is 7.41. The summed E-state index contributed by atoms with van der Waals surface area (Å²) in [5.74, 6) is 0.674. The lowest BCUT2D eigenvalue weighted by molar-refractivity contribution is -0.385. The zero-order valence-electron chi connectivity index (χ0n) is 12.2. The monoisotopic (exact) mass is 298 g/mol. The van der Waals surface area contributed by atoms with Crippen molar-refractivity contribution in [1.29, 1.82) is 0 Å². The maximum absolute atomic E-state index is 10.6. The SMILES string of the molecule is O=[N+]([O-])c1ccc(NCCCN2CCc3ccccc32)nc1. The summed E-state index contributed by atoms with van der Waals surface area (Å²) in [7, 11) is 0. The molecular formula is C16H18N4O2. The van der Waals surface area contributed by atoms with Gasteiger partial charge in [0.2, 0.25) is 0 Å². The standard InChI is InChI=1S/C16H18N4O2/c21-20(22)14-6-7-16(18-12-14)17-9-3-10-19-11-8-13-4-1-2-5-15(13)19/h1-2,4-7,12H,3,8-11H2,(H,17,18). The number of nitro groups is 1. The second-order valence-corrected chi connectivity index (χ2v) is 5.30. The minimum atomic E-state index is -0.443. The minimum absolute atomic E-state index is 0.0132. The number of para-hydroxylation sites is 1. The lowest BCUT2D eigenvalue weighted by Gasteiger charge is -2.19. The first-order chi connectivity index (χ1) is 10.7. The minimum Gasteiger partial charge on any atom is -0.371 e. The Morgan fingerprint density at radius 2 is 2.14 bits per heavy atom. The molecule has 114 valence electrons. The van der Waals surface area contributed by atoms with E-state index in [2.05, 4.69) is 39.5 Å². The number of hydrogen-bond donors (Lipinski definition) is 1. The van der Waals surface area contributed by atoms with Crippen molar-refractivity contribution in [1.82, 2.24) is 4.98 Å². The number of nitrogens with zero attached hydrogens (tertiary/aromatic N) is 3. The largest absolute Gasteiger partial charge is 0.371 e. The van der Waals surface area contributed by atoms with Crippen molar-refractivity contribution in [3.05, 3.63) is 58.3 Å². The average Bonchev–Trinajstić information content (AvgIpc) is 2.95. The highest BCUT2D eigenvalue weighted by Gasteiger charge is 2.17. The van der Waals surface area contributed by atoms with Gasteiger partial charge in [-0.1, -0.05) is 18.2 Å². The Hall–Kier alpha value is -2.63. The van der Waals surface area contributed by atoms with Crippen LogP contribution >= 0.6 is 0 Å². The molecule has 0 fully saturated rings. The lowest BCUT2D eigenvalue weighted by Crippen LogP contribution is -2.23. The molecule has 0 saturated carbocycles. The van der Waals surface area contributed by atoms with E-state index in [9.17, 15) is 10.1 Å². The van der Waals surface area contributed by atoms with Crippen LogP contribution in [0.1, 0.15) is 12.0 Å². The van der Waals surface area contributed by atoms with Crippen molar-refractivity contribution < 1.29 is 4.92 Å². The van der Waals surface area contributed by atoms with E-state index < -0.39 is 4.92 Å². The number of fused-ring (bicyclic) bond motifs is 1. The van der Waals surface area contributed by atoms with Gasteiger partial charge >= 0.3 is 0 Å². The molecule has 0 unspecified atom stereocenters. The Balaban J connectivity index is 1.45. The fourth-order valence-electron chi connectivity index (χ4n) is 2.72. The van der Waals surface area contributed by atoms with Gasteiger partial charge in [0.25, 0.3) is 5.69 Å². The van der Waals surface area contributed by atoms with E-state index >= 15 is 0 Å². The molecular weight excluding hydrogens is 280 g/mol. The lowest BCUT2D eigenvalue weighted by atomic mass is 10.2. The average molecular weight is 298 g/mol. The molecule has 0 radical (unpaired) electrons. The van der Waals surface area contributed by atoms with E-state index in [4.69, 9.17) is 0 Å². The highest BCUT2D eigenvalue weighted by Crippen LogP contribution is 2.27. The Labute approximate surface area is 128 Å². The summed E-state index contributed by atoms with van der Waals surface area (Å²) >= 11 is 0. The van der Waals surface area contributed by atoms with Crippen LogP contribution in [-0.2, 0) is 6.42 Å². The Kier molecular flexibility index (Phi) is 4.18. The molecule has 1 aliphatic heterocycles. The zero-order valence-corrected chi connectivity index (χ0v) is 12.2. The number of aromatic nitrogens is 1. The molecule has 6 heteroatoms. The van der Waals surface area contributed by atoms with Gasteiger partial charge in [-0.3, -0.25) is 10.1 Å². The number of hydrogen-bond acceptors (Lipinski definition) is 5. The summed E-state index contributed by atoms with van der Waals surface area (Å²) in [4.78, 5) is 16.6. The van der Waals surface area contributed by atoms with E-state index in [1.54, 1.807) is 6.07 Å². The van der Waals surface area contributed by atoms with E-state index in [0.29, 0.717) is 5.82 Å². The summed E-state index contributed by atoms with van der Waals surface area (Å²) in [5.41, 5.74) is 2.78. The molecule has 0 spiro atoms. The predicted octanol–water partition coefficient (Wildman–Crippen LogP) is 2.85. The van der Waals surface area contributed by atoms with Gasteiger partial charge in [0, 0.05) is 31.4 Å². The third-order valence-corrected chi connectivity index (χ3v) is 3.85. The van der Waals surface area contributed by atoms with Gasteiger partial charge in [0.1, 0.15) is 12.0 Å². The Bertz CT molecular complexity index is 657. The molecule has 2 aromatic rings. The molecule has 1 N–H and O–H groups in total. The maximum atomic E-state index is 10.6. The number of nitrogens with one attached hydrogen (secondary N) is 1. The van der Waals surface area contributed by atoms with Crippen LogP contribution in [0.4, 0.5) is 17.2 Å². The second-order valence-electron chi connectivity index (χ2n) is 5.30. The first kappa shape index (κ1) is 14.3. The van der Waals surface area contributed by atoms with Crippen molar-refractivity contribution in [3.63, 3.8) is 0 Å². The molecule has 0 amide bonds. The van der Waals surface area contributed by atoms with E-state index in [1.165, 1.54) is 23.5 Å². The summed E-state index contributed by atoms with van der Waals surface area (Å²) in [5, 5.41) is 13.8. The number of rotatable bonds is 6. The van der Waals surface area contributed by atoms with Crippen LogP contribution in [0.3, 0.4) is 0 Å². The van der Waals surface area contributed by atoms with Crippen molar-refractivity contribution in [2.45, 2.75) is 12.8 Å². The number of anilines is 2. The molecule has 22 heavy (non-hydrogen) atoms. The molecule has 0 saturated heterocycles. The van der Waals surface area contributed by atoms with Crippen LogP contribution in [0.25, 0.3) is 0 Å². The number of benzene rings is 1. The van der Waals surface area contributed by atoms with Gasteiger partial charge < -0.3 is 10.2 Å². The van der Waals surface area contributed by atoms with Gasteiger partial charge in [-0.25, -0.2) is 4.98 Å². The quantitative estimate of drug-likeness (QED) is 0.504. The maximum Gasteiger partial charge on any atom is 0.287 e. The molecule has 0 atom stereocenters. The van der Waals surface area contributed by atoms with E-state index in [0.717, 1.165) is 32.5 Å². The molecule has 3 rings (SSSR count). The van der Waals surface area contributed by atoms with Crippen LogP contribution in [0.15, 0.2) is 42.6 Å². The second kappa shape index (κ2) is 6.43. The third kappa shape index (κ3) is 3.16. The fourth-order valence-corrected chi connectivity index (χ4v) is 2.72. The van der Waals surface area contributed by atoms with Crippen molar-refractivity contribution in [2.75, 3.05) is 29.9 Å². The Morgan fingerprint density at radius 3 is 2.91 bits per heavy atom. The van der Waals surface area contributed by atoms with Crippen LogP contribution in [0.5, 0.6) is 0 Å². The summed E-state index contributed by atoms with van der Waals surface area (Å²) in [6.07, 6.45) is 3.39. The summed E-state index contributed by atoms with van der Waals surface area (Å²) < 4.78 is 0. The highest BCUT2D eigenvalue weighted by molar-refractivity contribution is 5.57. The summed E-state index contributed by atoms with van der Waals surface area (Å²) in [6.45, 7) is 2.87. The topological polar surface area (TPSA) is 71.3 Å². The molecule has 6 nitrogen and oxygen atoms in total. The van der Waals surface area contributed by atoms with Crippen molar-refractivity contribution in [2.24, 2.45) is 0 Å². The van der Waals surface area contributed by atoms with Crippen LogP contribution in [0, 0.1) is 10.1 Å². The van der Waals surface area contributed by atoms with Gasteiger partial charge in [-0.15, -0.1) is 0 Å². The normalized spacial score (nSPS) is 13.0. The first-order valence-corrected chi connectivity index (χ1v) is 7.41. The van der Waals surface area contributed by atoms with Crippen molar-refractivity contribution in [3.8, 4) is 0 Å². The Morgan fingerprint density at radius 1 is 1.27 bits per heavy atom. The highest BCUT2D eigenvalue weighted by atomic mass is 16.6.